The largest absolute Gasteiger partial charge is 0.493 e. The second-order valence-corrected chi connectivity index (χ2v) is 7.88. The molecular weight excluding hydrogens is 458 g/mol. The zero-order chi connectivity index (χ0) is 25.5. The highest BCUT2D eigenvalue weighted by molar-refractivity contribution is 6.31. The summed E-state index contributed by atoms with van der Waals surface area (Å²) in [7, 11) is 1.48. The number of hydrogen-bond acceptors (Lipinski definition) is 5. The number of hydrazine groups is 1. The molecule has 0 bridgehead atoms. The minimum absolute atomic E-state index is 0.0126. The molecule has 1 aliphatic rings. The molecule has 0 saturated carbocycles. The number of para-hydroxylation sites is 2. The van der Waals surface area contributed by atoms with Crippen molar-refractivity contribution in [2.75, 3.05) is 24.0 Å². The highest BCUT2D eigenvalue weighted by Gasteiger charge is 2.34. The van der Waals surface area contributed by atoms with E-state index in [2.05, 4.69) is 17.3 Å². The van der Waals surface area contributed by atoms with Crippen molar-refractivity contribution in [2.45, 2.75) is 6.42 Å². The Morgan fingerprint density at radius 1 is 1.06 bits per heavy atom. The monoisotopic (exact) mass is 483 g/mol. The van der Waals surface area contributed by atoms with Gasteiger partial charge < -0.3 is 14.8 Å². The van der Waals surface area contributed by atoms with Crippen LogP contribution in [0.25, 0.3) is 6.08 Å². The second-order valence-electron chi connectivity index (χ2n) is 7.88. The van der Waals surface area contributed by atoms with Crippen LogP contribution in [0.15, 0.2) is 91.0 Å². The van der Waals surface area contributed by atoms with E-state index >= 15 is 0 Å². The quantitative estimate of drug-likeness (QED) is 0.273. The van der Waals surface area contributed by atoms with Crippen LogP contribution in [-0.2, 0) is 20.8 Å². The second kappa shape index (κ2) is 11.1. The summed E-state index contributed by atoms with van der Waals surface area (Å²) in [6.07, 6.45) is 3.61. The number of hydrogen-bond donors (Lipinski definition) is 2. The average Bonchev–Trinajstić information content (AvgIpc) is 3.17. The van der Waals surface area contributed by atoms with Gasteiger partial charge in [0, 0.05) is 11.3 Å². The van der Waals surface area contributed by atoms with Crippen molar-refractivity contribution in [2.24, 2.45) is 0 Å². The molecule has 4 rings (SSSR count). The third-order valence-corrected chi connectivity index (χ3v) is 5.36. The molecule has 182 valence electrons. The normalized spacial score (nSPS) is 13.9. The Morgan fingerprint density at radius 3 is 2.42 bits per heavy atom. The Balaban J connectivity index is 1.58. The number of allylic oxidation sites excluding steroid dienone is 1. The highest BCUT2D eigenvalue weighted by atomic mass is 16.5. The fourth-order valence-corrected chi connectivity index (χ4v) is 3.73. The van der Waals surface area contributed by atoms with Gasteiger partial charge in [-0.05, 0) is 54.5 Å². The number of nitrogens with zero attached hydrogens (tertiary/aromatic N) is 1. The topological polar surface area (TPSA) is 97.0 Å². The predicted molar refractivity (Wildman–Crippen MR) is 138 cm³/mol. The molecule has 0 radical (unpaired) electrons. The van der Waals surface area contributed by atoms with E-state index in [1.54, 1.807) is 54.6 Å². The van der Waals surface area contributed by atoms with Gasteiger partial charge in [0.15, 0.2) is 18.1 Å². The lowest BCUT2D eigenvalue weighted by molar-refractivity contribution is -0.118. The fourth-order valence-electron chi connectivity index (χ4n) is 3.73. The molecule has 3 aromatic carbocycles. The maximum atomic E-state index is 12.9. The average molecular weight is 484 g/mol. The first kappa shape index (κ1) is 24.3. The van der Waals surface area contributed by atoms with Gasteiger partial charge in [0.2, 0.25) is 0 Å². The van der Waals surface area contributed by atoms with Crippen molar-refractivity contribution >= 4 is 35.2 Å². The maximum absolute atomic E-state index is 12.9. The Labute approximate surface area is 208 Å². The van der Waals surface area contributed by atoms with E-state index in [0.29, 0.717) is 40.4 Å². The predicted octanol–water partition coefficient (Wildman–Crippen LogP) is 3.90. The van der Waals surface area contributed by atoms with Gasteiger partial charge >= 0.3 is 0 Å². The van der Waals surface area contributed by atoms with E-state index in [-0.39, 0.29) is 18.1 Å². The van der Waals surface area contributed by atoms with E-state index in [1.165, 1.54) is 18.2 Å². The van der Waals surface area contributed by atoms with Gasteiger partial charge in [-0.2, -0.15) is 0 Å². The van der Waals surface area contributed by atoms with Gasteiger partial charge in [-0.1, -0.05) is 42.5 Å². The number of nitrogens with one attached hydrogen (secondary N) is 2. The molecule has 0 unspecified atom stereocenters. The SMILES string of the molecule is C=CCc1cc(/C=C2/C(=O)NN(c3ccccc3)C2=O)cc(OC)c1OCC(=O)Nc1ccccc1. The van der Waals surface area contributed by atoms with E-state index in [9.17, 15) is 14.4 Å². The lowest BCUT2D eigenvalue weighted by Crippen LogP contribution is -2.35. The number of carbonyl (C=O) groups is 3. The minimum Gasteiger partial charge on any atom is -0.493 e. The molecule has 1 aliphatic heterocycles. The Kier molecular flexibility index (Phi) is 7.45. The van der Waals surface area contributed by atoms with E-state index in [4.69, 9.17) is 9.47 Å². The van der Waals surface area contributed by atoms with Gasteiger partial charge in [0.25, 0.3) is 17.7 Å². The molecule has 0 atom stereocenters. The van der Waals surface area contributed by atoms with Crippen LogP contribution in [0, 0.1) is 0 Å². The Bertz CT molecular complexity index is 1320. The summed E-state index contributed by atoms with van der Waals surface area (Å²) in [6.45, 7) is 3.55. The highest BCUT2D eigenvalue weighted by Crippen LogP contribution is 2.35. The van der Waals surface area contributed by atoms with Gasteiger partial charge in [-0.15, -0.1) is 6.58 Å². The van der Waals surface area contributed by atoms with Crippen molar-refractivity contribution in [3.05, 3.63) is 102 Å². The standard InChI is InChI=1S/C28H25N3O5/c1-3-10-20-15-19(16-23-27(33)30-31(28(23)34)22-13-8-5-9-14-22)17-24(35-2)26(20)36-18-25(32)29-21-11-6-4-7-12-21/h3-9,11-17H,1,10,18H2,2H3,(H,29,32)(H,30,33)/b23-16-. The lowest BCUT2D eigenvalue weighted by Gasteiger charge is -2.16. The number of ether oxygens (including phenoxy) is 2. The van der Waals surface area contributed by atoms with Crippen molar-refractivity contribution in [3.63, 3.8) is 0 Å². The summed E-state index contributed by atoms with van der Waals surface area (Å²) in [6, 6.07) is 21.3. The van der Waals surface area contributed by atoms with E-state index < -0.39 is 11.8 Å². The van der Waals surface area contributed by atoms with Crippen molar-refractivity contribution in [1.82, 2.24) is 5.43 Å². The summed E-state index contributed by atoms with van der Waals surface area (Å²) < 4.78 is 11.3. The Hall–Kier alpha value is -4.85. The van der Waals surface area contributed by atoms with Gasteiger partial charge in [0.05, 0.1) is 12.8 Å². The first-order valence-corrected chi connectivity index (χ1v) is 11.2. The summed E-state index contributed by atoms with van der Waals surface area (Å²) in [5, 5.41) is 3.97. The van der Waals surface area contributed by atoms with Crippen LogP contribution >= 0.6 is 0 Å². The van der Waals surface area contributed by atoms with Crippen LogP contribution in [0.4, 0.5) is 11.4 Å². The minimum atomic E-state index is -0.508. The van der Waals surface area contributed by atoms with Crippen LogP contribution in [0.2, 0.25) is 0 Å². The number of amides is 3. The van der Waals surface area contributed by atoms with Crippen molar-refractivity contribution in [1.29, 1.82) is 0 Å². The molecule has 8 nitrogen and oxygen atoms in total. The number of benzene rings is 3. The van der Waals surface area contributed by atoms with Crippen LogP contribution < -0.4 is 25.2 Å². The summed E-state index contributed by atoms with van der Waals surface area (Å²) in [4.78, 5) is 37.9. The molecule has 3 amide bonds. The summed E-state index contributed by atoms with van der Waals surface area (Å²) >= 11 is 0. The zero-order valence-electron chi connectivity index (χ0n) is 19.7. The summed E-state index contributed by atoms with van der Waals surface area (Å²) in [5.41, 5.74) is 5.05. The third kappa shape index (κ3) is 5.44. The van der Waals surface area contributed by atoms with Crippen LogP contribution in [0.5, 0.6) is 11.5 Å². The van der Waals surface area contributed by atoms with Crippen LogP contribution in [0.1, 0.15) is 11.1 Å². The van der Waals surface area contributed by atoms with Crippen LogP contribution in [0.3, 0.4) is 0 Å². The smallest absolute Gasteiger partial charge is 0.282 e. The first-order valence-electron chi connectivity index (χ1n) is 11.2. The molecule has 36 heavy (non-hydrogen) atoms. The molecule has 0 aliphatic carbocycles. The number of carbonyl (C=O) groups excluding carboxylic acids is 3. The van der Waals surface area contributed by atoms with Gasteiger partial charge in [0.1, 0.15) is 5.57 Å². The molecule has 1 fully saturated rings. The maximum Gasteiger partial charge on any atom is 0.282 e. The zero-order valence-corrected chi connectivity index (χ0v) is 19.7. The molecular formula is C28H25N3O5. The van der Waals surface area contributed by atoms with E-state index in [0.717, 1.165) is 0 Å². The molecule has 1 heterocycles. The first-order chi connectivity index (χ1) is 17.5. The molecule has 3 aromatic rings. The van der Waals surface area contributed by atoms with Crippen molar-refractivity contribution in [3.8, 4) is 11.5 Å². The van der Waals surface area contributed by atoms with Crippen LogP contribution in [-0.4, -0.2) is 31.4 Å². The third-order valence-electron chi connectivity index (χ3n) is 5.36. The molecule has 2 N–H and O–H groups in total. The fraction of sp³-hybridized carbons (Fsp3) is 0.107. The molecule has 0 spiro atoms. The lowest BCUT2D eigenvalue weighted by atomic mass is 10.0. The summed E-state index contributed by atoms with van der Waals surface area (Å²) in [5.74, 6) is -0.553. The van der Waals surface area contributed by atoms with Crippen molar-refractivity contribution < 1.29 is 23.9 Å². The molecule has 1 saturated heterocycles. The van der Waals surface area contributed by atoms with Gasteiger partial charge in [-0.3, -0.25) is 19.8 Å². The number of methoxy groups -OCH3 is 1. The molecule has 8 heteroatoms. The number of rotatable bonds is 9. The van der Waals surface area contributed by atoms with E-state index in [1.807, 2.05) is 24.3 Å². The Morgan fingerprint density at radius 2 is 1.75 bits per heavy atom. The molecule has 0 aromatic heterocycles. The number of anilines is 2. The van der Waals surface area contributed by atoms with Gasteiger partial charge in [-0.25, -0.2) is 5.01 Å².